The van der Waals surface area contributed by atoms with Crippen LogP contribution in [-0.4, -0.2) is 24.9 Å². The van der Waals surface area contributed by atoms with Crippen molar-refractivity contribution in [1.82, 2.24) is 18.7 Å². The van der Waals surface area contributed by atoms with Gasteiger partial charge in [-0.1, -0.05) is 25.6 Å². The van der Waals surface area contributed by atoms with Crippen LogP contribution in [0.15, 0.2) is 14.7 Å². The Hall–Kier alpha value is -1.50. The number of rotatable bonds is 3. The van der Waals surface area contributed by atoms with Gasteiger partial charge >= 0.3 is 5.69 Å². The summed E-state index contributed by atoms with van der Waals surface area (Å²) in [6, 6.07) is 0. The van der Waals surface area contributed by atoms with Crippen LogP contribution < -0.4 is 11.2 Å². The number of fused-ring (bicyclic) bond motifs is 1. The molecule has 0 fully saturated rings. The van der Waals surface area contributed by atoms with Gasteiger partial charge in [-0.3, -0.25) is 13.9 Å². The van der Waals surface area contributed by atoms with Crippen LogP contribution in [0.25, 0.3) is 11.2 Å². The third-order valence-corrected chi connectivity index (χ3v) is 3.72. The molecule has 2 rings (SSSR count). The van der Waals surface area contributed by atoms with Gasteiger partial charge < -0.3 is 4.57 Å². The largest absolute Gasteiger partial charge is 0.332 e. The smallest absolute Gasteiger partial charge is 0.313 e. The molecule has 0 radical (unpaired) electrons. The molecule has 0 spiro atoms. The Balaban J connectivity index is 2.95. The summed E-state index contributed by atoms with van der Waals surface area (Å²) in [6.07, 6.45) is 1.92. The summed E-state index contributed by atoms with van der Waals surface area (Å²) in [6.45, 7) is 4.88. The average molecular weight is 282 g/mol. The van der Waals surface area contributed by atoms with E-state index in [1.807, 2.05) is 10.8 Å². The third kappa shape index (κ3) is 2.11. The van der Waals surface area contributed by atoms with E-state index in [0.29, 0.717) is 23.6 Å². The molecule has 0 amide bonds. The summed E-state index contributed by atoms with van der Waals surface area (Å²) in [5.41, 5.74) is 0.326. The first-order valence-electron chi connectivity index (χ1n) is 6.08. The molecule has 2 aromatic rings. The lowest BCUT2D eigenvalue weighted by Gasteiger charge is -2.10. The van der Waals surface area contributed by atoms with Gasteiger partial charge in [-0.2, -0.15) is 0 Å². The number of aryl methyl sites for hydroxylation is 1. The van der Waals surface area contributed by atoms with Crippen molar-refractivity contribution in [3.63, 3.8) is 0 Å². The van der Waals surface area contributed by atoms with Crippen molar-refractivity contribution in [3.05, 3.63) is 20.8 Å². The number of imidazole rings is 1. The Morgan fingerprint density at radius 3 is 2.37 bits per heavy atom. The molecule has 0 aliphatic rings. The molecule has 19 heavy (non-hydrogen) atoms. The molecule has 0 bridgehead atoms. The second-order valence-corrected chi connectivity index (χ2v) is 5.75. The van der Waals surface area contributed by atoms with Gasteiger partial charge in [-0.15, -0.1) is 0 Å². The van der Waals surface area contributed by atoms with E-state index >= 15 is 0 Å². The summed E-state index contributed by atoms with van der Waals surface area (Å²) < 4.78 is 4.46. The molecule has 0 unspecified atom stereocenters. The van der Waals surface area contributed by atoms with Gasteiger partial charge in [0.05, 0.1) is 0 Å². The topological polar surface area (TPSA) is 61.8 Å². The molecule has 0 saturated heterocycles. The van der Waals surface area contributed by atoms with Crippen molar-refractivity contribution >= 4 is 22.9 Å². The lowest BCUT2D eigenvalue weighted by Crippen LogP contribution is -2.37. The van der Waals surface area contributed by atoms with Crippen molar-refractivity contribution in [1.29, 1.82) is 0 Å². The highest BCUT2D eigenvalue weighted by atomic mass is 32.2. The first-order chi connectivity index (χ1) is 8.88. The normalized spacial score (nSPS) is 11.7. The molecule has 0 aliphatic heterocycles. The van der Waals surface area contributed by atoms with Crippen LogP contribution in [0.4, 0.5) is 0 Å². The fourth-order valence-corrected chi connectivity index (χ4v) is 2.68. The van der Waals surface area contributed by atoms with Crippen LogP contribution in [0, 0.1) is 5.92 Å². The molecule has 0 aliphatic carbocycles. The van der Waals surface area contributed by atoms with Crippen LogP contribution >= 0.6 is 11.8 Å². The molecule has 0 atom stereocenters. The first-order valence-corrected chi connectivity index (χ1v) is 7.31. The van der Waals surface area contributed by atoms with Crippen molar-refractivity contribution in [3.8, 4) is 0 Å². The fourth-order valence-electron chi connectivity index (χ4n) is 2.12. The molecule has 7 heteroatoms. The molecular formula is C12H18N4O2S. The minimum Gasteiger partial charge on any atom is -0.313 e. The van der Waals surface area contributed by atoms with Crippen LogP contribution in [0.5, 0.6) is 0 Å². The Kier molecular flexibility index (Phi) is 3.58. The second-order valence-electron chi connectivity index (χ2n) is 4.98. The van der Waals surface area contributed by atoms with E-state index in [9.17, 15) is 9.59 Å². The predicted molar refractivity (Wildman–Crippen MR) is 76.8 cm³/mol. The zero-order valence-corrected chi connectivity index (χ0v) is 12.6. The minimum atomic E-state index is -0.348. The number of aromatic nitrogens is 4. The minimum absolute atomic E-state index is 0.286. The van der Waals surface area contributed by atoms with Gasteiger partial charge in [-0.25, -0.2) is 9.78 Å². The fraction of sp³-hybridized carbons (Fsp3) is 0.583. The summed E-state index contributed by atoms with van der Waals surface area (Å²) in [5, 5.41) is 0.766. The highest BCUT2D eigenvalue weighted by Crippen LogP contribution is 2.20. The van der Waals surface area contributed by atoms with Crippen LogP contribution in [0.1, 0.15) is 13.8 Å². The van der Waals surface area contributed by atoms with Crippen molar-refractivity contribution in [2.75, 3.05) is 6.26 Å². The molecule has 0 saturated carbocycles. The summed E-state index contributed by atoms with van der Waals surface area (Å²) in [5.74, 6) is 0.394. The molecular weight excluding hydrogens is 264 g/mol. The van der Waals surface area contributed by atoms with Crippen LogP contribution in [0.3, 0.4) is 0 Å². The van der Waals surface area contributed by atoms with Crippen molar-refractivity contribution < 1.29 is 0 Å². The lowest BCUT2D eigenvalue weighted by molar-refractivity contribution is 0.503. The van der Waals surface area contributed by atoms with E-state index < -0.39 is 0 Å². The molecule has 6 nitrogen and oxygen atoms in total. The highest BCUT2D eigenvalue weighted by Gasteiger charge is 2.18. The zero-order chi connectivity index (χ0) is 14.3. The highest BCUT2D eigenvalue weighted by molar-refractivity contribution is 7.98. The van der Waals surface area contributed by atoms with Gasteiger partial charge in [0, 0.05) is 20.6 Å². The van der Waals surface area contributed by atoms with Crippen molar-refractivity contribution in [2.24, 2.45) is 20.0 Å². The molecule has 0 aromatic carbocycles. The summed E-state index contributed by atoms with van der Waals surface area (Å²) >= 11 is 1.48. The quantitative estimate of drug-likeness (QED) is 0.782. The summed E-state index contributed by atoms with van der Waals surface area (Å²) in [4.78, 5) is 28.6. The maximum Gasteiger partial charge on any atom is 0.332 e. The Labute approximate surface area is 115 Å². The molecule has 2 heterocycles. The predicted octanol–water partition coefficient (Wildman–Crippen LogP) is 0.812. The van der Waals surface area contributed by atoms with Crippen LogP contribution in [0.2, 0.25) is 0 Å². The van der Waals surface area contributed by atoms with Gasteiger partial charge in [-0.05, 0) is 12.2 Å². The van der Waals surface area contributed by atoms with E-state index in [-0.39, 0.29) is 11.2 Å². The molecule has 104 valence electrons. The Morgan fingerprint density at radius 1 is 1.21 bits per heavy atom. The van der Waals surface area contributed by atoms with Gasteiger partial charge in [0.25, 0.3) is 5.56 Å². The van der Waals surface area contributed by atoms with E-state index in [4.69, 9.17) is 0 Å². The summed E-state index contributed by atoms with van der Waals surface area (Å²) in [7, 11) is 3.14. The maximum atomic E-state index is 12.3. The molecule has 0 N–H and O–H groups in total. The SMILES string of the molecule is CSc1nc2c(c(=O)n(C)c(=O)n2C)n1CC(C)C. The Morgan fingerprint density at radius 2 is 1.84 bits per heavy atom. The average Bonchev–Trinajstić information content (AvgIpc) is 2.71. The van der Waals surface area contributed by atoms with E-state index in [2.05, 4.69) is 18.8 Å². The zero-order valence-electron chi connectivity index (χ0n) is 11.8. The van der Waals surface area contributed by atoms with E-state index in [0.717, 1.165) is 9.72 Å². The van der Waals surface area contributed by atoms with E-state index in [1.165, 1.54) is 23.4 Å². The number of hydrogen-bond acceptors (Lipinski definition) is 4. The monoisotopic (exact) mass is 282 g/mol. The number of hydrogen-bond donors (Lipinski definition) is 0. The lowest BCUT2D eigenvalue weighted by atomic mass is 10.2. The number of thioether (sulfide) groups is 1. The maximum absolute atomic E-state index is 12.3. The van der Waals surface area contributed by atoms with Gasteiger partial charge in [0.1, 0.15) is 0 Å². The van der Waals surface area contributed by atoms with Gasteiger partial charge in [0.2, 0.25) is 0 Å². The van der Waals surface area contributed by atoms with E-state index in [1.54, 1.807) is 7.05 Å². The van der Waals surface area contributed by atoms with Crippen molar-refractivity contribution in [2.45, 2.75) is 25.5 Å². The third-order valence-electron chi connectivity index (χ3n) is 3.04. The van der Waals surface area contributed by atoms with Gasteiger partial charge in [0.15, 0.2) is 16.3 Å². The second kappa shape index (κ2) is 4.88. The molecule has 2 aromatic heterocycles. The first kappa shape index (κ1) is 13.9. The standard InChI is InChI=1S/C12H18N4O2S/c1-7(2)6-16-8-9(13-11(16)19-5)14(3)12(18)15(4)10(8)17/h7H,6H2,1-5H3. The van der Waals surface area contributed by atoms with Crippen LogP contribution in [-0.2, 0) is 20.6 Å². The number of nitrogens with zero attached hydrogens (tertiary/aromatic N) is 4. The Bertz CT molecular complexity index is 739.